The van der Waals surface area contributed by atoms with Crippen LogP contribution in [-0.4, -0.2) is 11.7 Å². The summed E-state index contributed by atoms with van der Waals surface area (Å²) in [6, 6.07) is 10.6. The third-order valence-electron chi connectivity index (χ3n) is 2.69. The highest BCUT2D eigenvalue weighted by Gasteiger charge is 2.06. The number of hydrogen-bond acceptors (Lipinski definition) is 1. The highest BCUT2D eigenvalue weighted by Crippen LogP contribution is 2.23. The highest BCUT2D eigenvalue weighted by atomic mass is 19.1. The molecule has 78 valence electrons. The van der Waals surface area contributed by atoms with Crippen molar-refractivity contribution >= 4 is 10.8 Å². The minimum atomic E-state index is -0.198. The van der Waals surface area contributed by atoms with Crippen LogP contribution >= 0.6 is 0 Å². The first-order valence-electron chi connectivity index (χ1n) is 5.01. The molecule has 0 saturated carbocycles. The van der Waals surface area contributed by atoms with Crippen molar-refractivity contribution in [3.8, 4) is 0 Å². The second-order valence-corrected chi connectivity index (χ2v) is 3.80. The lowest BCUT2D eigenvalue weighted by Gasteiger charge is -2.09. The molecule has 0 spiro atoms. The Morgan fingerprint density at radius 1 is 1.27 bits per heavy atom. The molecule has 15 heavy (non-hydrogen) atoms. The molecule has 1 atom stereocenters. The van der Waals surface area contributed by atoms with Crippen molar-refractivity contribution in [1.82, 2.24) is 0 Å². The Hall–Kier alpha value is -1.41. The summed E-state index contributed by atoms with van der Waals surface area (Å²) in [7, 11) is 0. The molecule has 2 heteroatoms. The highest BCUT2D eigenvalue weighted by molar-refractivity contribution is 5.83. The van der Waals surface area contributed by atoms with Gasteiger partial charge in [0.2, 0.25) is 0 Å². The van der Waals surface area contributed by atoms with E-state index in [1.807, 2.05) is 25.1 Å². The van der Waals surface area contributed by atoms with Gasteiger partial charge in [0, 0.05) is 17.9 Å². The van der Waals surface area contributed by atoms with Crippen LogP contribution < -0.4 is 0 Å². The summed E-state index contributed by atoms with van der Waals surface area (Å²) in [4.78, 5) is 0. The van der Waals surface area contributed by atoms with Gasteiger partial charge >= 0.3 is 0 Å². The standard InChI is InChI=1S/C13H13FO/c1-9(8-15)10-5-6-12-11(7-10)3-2-4-13(12)14/h2-7,9,15H,8H2,1H3. The second-order valence-electron chi connectivity index (χ2n) is 3.80. The quantitative estimate of drug-likeness (QED) is 0.797. The number of rotatable bonds is 2. The van der Waals surface area contributed by atoms with Crippen molar-refractivity contribution < 1.29 is 9.50 Å². The fraction of sp³-hybridized carbons (Fsp3) is 0.231. The summed E-state index contributed by atoms with van der Waals surface area (Å²) in [5.74, 6) is -0.103. The van der Waals surface area contributed by atoms with Crippen molar-refractivity contribution in [2.75, 3.05) is 6.61 Å². The van der Waals surface area contributed by atoms with Gasteiger partial charge < -0.3 is 5.11 Å². The minimum absolute atomic E-state index is 0.0951. The molecule has 2 rings (SSSR count). The van der Waals surface area contributed by atoms with Crippen LogP contribution in [0, 0.1) is 5.82 Å². The summed E-state index contributed by atoms with van der Waals surface area (Å²) in [5, 5.41) is 10.6. The van der Waals surface area contributed by atoms with Gasteiger partial charge in [-0.05, 0) is 17.0 Å². The van der Waals surface area contributed by atoms with E-state index in [1.165, 1.54) is 6.07 Å². The van der Waals surface area contributed by atoms with Gasteiger partial charge in [0.05, 0.1) is 0 Å². The Balaban J connectivity index is 2.57. The number of aliphatic hydroxyl groups is 1. The van der Waals surface area contributed by atoms with E-state index in [1.54, 1.807) is 12.1 Å². The molecule has 0 aliphatic heterocycles. The third-order valence-corrected chi connectivity index (χ3v) is 2.69. The predicted octanol–water partition coefficient (Wildman–Crippen LogP) is 3.07. The van der Waals surface area contributed by atoms with Crippen molar-refractivity contribution in [3.63, 3.8) is 0 Å². The van der Waals surface area contributed by atoms with Gasteiger partial charge in [0.1, 0.15) is 5.82 Å². The molecule has 2 aromatic rings. The molecule has 0 radical (unpaired) electrons. The van der Waals surface area contributed by atoms with Crippen molar-refractivity contribution in [2.24, 2.45) is 0 Å². The van der Waals surface area contributed by atoms with Crippen molar-refractivity contribution in [1.29, 1.82) is 0 Å². The van der Waals surface area contributed by atoms with Gasteiger partial charge in [-0.2, -0.15) is 0 Å². The average molecular weight is 204 g/mol. The number of fused-ring (bicyclic) bond motifs is 1. The molecule has 1 unspecified atom stereocenters. The Morgan fingerprint density at radius 2 is 2.07 bits per heavy atom. The van der Waals surface area contributed by atoms with Gasteiger partial charge in [0.25, 0.3) is 0 Å². The zero-order valence-corrected chi connectivity index (χ0v) is 8.57. The average Bonchev–Trinajstić information content (AvgIpc) is 2.28. The van der Waals surface area contributed by atoms with E-state index in [9.17, 15) is 4.39 Å². The predicted molar refractivity (Wildman–Crippen MR) is 59.4 cm³/mol. The molecule has 0 aliphatic carbocycles. The fourth-order valence-corrected chi connectivity index (χ4v) is 1.67. The number of benzene rings is 2. The summed E-state index contributed by atoms with van der Waals surface area (Å²) < 4.78 is 13.4. The lowest BCUT2D eigenvalue weighted by atomic mass is 9.98. The van der Waals surface area contributed by atoms with E-state index in [0.717, 1.165) is 10.9 Å². The van der Waals surface area contributed by atoms with Gasteiger partial charge in [0.15, 0.2) is 0 Å². The maximum absolute atomic E-state index is 13.4. The second kappa shape index (κ2) is 3.99. The molecule has 0 heterocycles. The number of aliphatic hydroxyl groups excluding tert-OH is 1. The van der Waals surface area contributed by atoms with Crippen LogP contribution in [0.25, 0.3) is 10.8 Å². The number of hydrogen-bond donors (Lipinski definition) is 1. The van der Waals surface area contributed by atoms with E-state index >= 15 is 0 Å². The fourth-order valence-electron chi connectivity index (χ4n) is 1.67. The van der Waals surface area contributed by atoms with E-state index in [-0.39, 0.29) is 18.3 Å². The van der Waals surface area contributed by atoms with E-state index < -0.39 is 0 Å². The molecule has 0 bridgehead atoms. The van der Waals surface area contributed by atoms with Gasteiger partial charge in [-0.3, -0.25) is 0 Å². The van der Waals surface area contributed by atoms with E-state index in [2.05, 4.69) is 0 Å². The Labute approximate surface area is 88.2 Å². The summed E-state index contributed by atoms with van der Waals surface area (Å²) in [5.41, 5.74) is 1.04. The molecule has 0 amide bonds. The summed E-state index contributed by atoms with van der Waals surface area (Å²) >= 11 is 0. The zero-order chi connectivity index (χ0) is 10.8. The first kappa shape index (κ1) is 10.1. The molecule has 0 fully saturated rings. The maximum Gasteiger partial charge on any atom is 0.131 e. The molecular formula is C13H13FO. The molecule has 0 aromatic heterocycles. The maximum atomic E-state index is 13.4. The van der Waals surface area contributed by atoms with Crippen molar-refractivity contribution in [3.05, 3.63) is 47.8 Å². The lowest BCUT2D eigenvalue weighted by molar-refractivity contribution is 0.273. The monoisotopic (exact) mass is 204 g/mol. The number of halogens is 1. The van der Waals surface area contributed by atoms with Crippen LogP contribution in [0.15, 0.2) is 36.4 Å². The van der Waals surface area contributed by atoms with Gasteiger partial charge in [-0.15, -0.1) is 0 Å². The lowest BCUT2D eigenvalue weighted by Crippen LogP contribution is -1.98. The van der Waals surface area contributed by atoms with Crippen LogP contribution in [0.3, 0.4) is 0 Å². The Bertz CT molecular complexity index is 479. The first-order chi connectivity index (χ1) is 7.22. The zero-order valence-electron chi connectivity index (χ0n) is 8.57. The molecule has 0 aliphatic rings. The first-order valence-corrected chi connectivity index (χ1v) is 5.01. The van der Waals surface area contributed by atoms with Gasteiger partial charge in [-0.1, -0.05) is 37.3 Å². The van der Waals surface area contributed by atoms with Crippen LogP contribution in [0.4, 0.5) is 4.39 Å². The van der Waals surface area contributed by atoms with Crippen LogP contribution in [0.5, 0.6) is 0 Å². The van der Waals surface area contributed by atoms with E-state index in [0.29, 0.717) is 5.39 Å². The third kappa shape index (κ3) is 1.85. The topological polar surface area (TPSA) is 20.2 Å². The Kier molecular flexibility index (Phi) is 2.69. The van der Waals surface area contributed by atoms with Crippen LogP contribution in [0.2, 0.25) is 0 Å². The SMILES string of the molecule is CC(CO)c1ccc2c(F)cccc2c1. The molecule has 2 aromatic carbocycles. The van der Waals surface area contributed by atoms with Crippen molar-refractivity contribution in [2.45, 2.75) is 12.8 Å². The summed E-state index contributed by atoms with van der Waals surface area (Å²) in [6.45, 7) is 2.06. The van der Waals surface area contributed by atoms with Crippen LogP contribution in [0.1, 0.15) is 18.4 Å². The normalized spacial score (nSPS) is 13.0. The Morgan fingerprint density at radius 3 is 2.80 bits per heavy atom. The van der Waals surface area contributed by atoms with Gasteiger partial charge in [-0.25, -0.2) is 4.39 Å². The molecular weight excluding hydrogens is 191 g/mol. The van der Waals surface area contributed by atoms with Crippen LogP contribution in [-0.2, 0) is 0 Å². The summed E-state index contributed by atoms with van der Waals surface area (Å²) in [6.07, 6.45) is 0. The minimum Gasteiger partial charge on any atom is -0.396 e. The smallest absolute Gasteiger partial charge is 0.131 e. The largest absolute Gasteiger partial charge is 0.396 e. The molecule has 1 N–H and O–H groups in total. The molecule has 0 saturated heterocycles. The molecule has 1 nitrogen and oxygen atoms in total. The van der Waals surface area contributed by atoms with E-state index in [4.69, 9.17) is 5.11 Å².